The van der Waals surface area contributed by atoms with Crippen molar-refractivity contribution in [1.82, 2.24) is 15.1 Å². The summed E-state index contributed by atoms with van der Waals surface area (Å²) in [5, 5.41) is 16.7. The van der Waals surface area contributed by atoms with Gasteiger partial charge in [0.25, 0.3) is 5.91 Å². The van der Waals surface area contributed by atoms with Crippen molar-refractivity contribution in [3.8, 4) is 11.4 Å². The number of rotatable bonds is 4. The fourth-order valence-corrected chi connectivity index (χ4v) is 2.12. The molecule has 0 aliphatic rings. The lowest BCUT2D eigenvalue weighted by Crippen LogP contribution is -2.22. The third-order valence-electron chi connectivity index (χ3n) is 3.26. The number of phenols is 1. The van der Waals surface area contributed by atoms with Crippen molar-refractivity contribution in [1.29, 1.82) is 0 Å². The Morgan fingerprint density at radius 1 is 1.09 bits per heavy atom. The fourth-order valence-electron chi connectivity index (χ4n) is 2.12. The van der Waals surface area contributed by atoms with E-state index in [9.17, 15) is 9.90 Å². The minimum absolute atomic E-state index is 0.0278. The molecule has 3 aromatic rings. The molecule has 1 amide bonds. The molecule has 0 unspecified atom stereocenters. The largest absolute Gasteiger partial charge is 0.507 e. The van der Waals surface area contributed by atoms with Crippen LogP contribution in [0.4, 0.5) is 0 Å². The summed E-state index contributed by atoms with van der Waals surface area (Å²) >= 11 is 0. The Kier molecular flexibility index (Phi) is 3.87. The molecule has 0 radical (unpaired) electrons. The fraction of sp³-hybridized carbons (Fsp3) is 0.0588. The average Bonchev–Trinajstić information content (AvgIpc) is 3.03. The highest BCUT2D eigenvalue weighted by atomic mass is 16.3. The number of phenolic OH excluding ortho intramolecular Hbond substituents is 1. The van der Waals surface area contributed by atoms with Crippen molar-refractivity contribution in [3.63, 3.8) is 0 Å². The number of aromatic hydroxyl groups is 1. The maximum Gasteiger partial charge on any atom is 0.255 e. The lowest BCUT2D eigenvalue weighted by molar-refractivity contribution is 0.0948. The molecule has 110 valence electrons. The smallest absolute Gasteiger partial charge is 0.255 e. The number of nitrogens with one attached hydrogen (secondary N) is 1. The number of para-hydroxylation sites is 2. The van der Waals surface area contributed by atoms with Crippen LogP contribution in [0.3, 0.4) is 0 Å². The highest BCUT2D eigenvalue weighted by molar-refractivity contribution is 5.96. The van der Waals surface area contributed by atoms with E-state index in [1.54, 1.807) is 29.1 Å². The first-order chi connectivity index (χ1) is 10.7. The number of benzene rings is 2. The summed E-state index contributed by atoms with van der Waals surface area (Å²) in [6, 6.07) is 16.2. The third kappa shape index (κ3) is 2.98. The molecule has 2 aromatic carbocycles. The maximum atomic E-state index is 12.0. The quantitative estimate of drug-likeness (QED) is 0.776. The predicted octanol–water partition coefficient (Wildman–Crippen LogP) is 2.51. The molecule has 0 spiro atoms. The van der Waals surface area contributed by atoms with E-state index in [1.807, 2.05) is 36.5 Å². The monoisotopic (exact) mass is 293 g/mol. The summed E-state index contributed by atoms with van der Waals surface area (Å²) in [6.45, 7) is 0.347. The van der Waals surface area contributed by atoms with Crippen molar-refractivity contribution < 1.29 is 9.90 Å². The van der Waals surface area contributed by atoms with Gasteiger partial charge in [-0.05, 0) is 24.3 Å². The van der Waals surface area contributed by atoms with Crippen molar-refractivity contribution in [2.45, 2.75) is 6.54 Å². The second kappa shape index (κ2) is 6.13. The van der Waals surface area contributed by atoms with Gasteiger partial charge in [-0.25, -0.2) is 4.68 Å². The van der Waals surface area contributed by atoms with E-state index >= 15 is 0 Å². The first-order valence-electron chi connectivity index (χ1n) is 6.89. The number of nitrogens with zero attached hydrogens (tertiary/aromatic N) is 2. The van der Waals surface area contributed by atoms with Gasteiger partial charge in [-0.3, -0.25) is 4.79 Å². The lowest BCUT2D eigenvalue weighted by Gasteiger charge is -2.05. The molecule has 0 saturated heterocycles. The van der Waals surface area contributed by atoms with Crippen molar-refractivity contribution in [3.05, 3.63) is 78.1 Å². The van der Waals surface area contributed by atoms with E-state index < -0.39 is 0 Å². The molecule has 0 atom stereocenters. The Bertz CT molecular complexity index is 781. The number of aromatic nitrogens is 2. The molecule has 0 fully saturated rings. The van der Waals surface area contributed by atoms with Crippen LogP contribution in [0, 0.1) is 0 Å². The number of hydrogen-bond donors (Lipinski definition) is 2. The van der Waals surface area contributed by atoms with Gasteiger partial charge in [0.1, 0.15) is 5.75 Å². The van der Waals surface area contributed by atoms with Crippen LogP contribution in [0.15, 0.2) is 67.0 Å². The zero-order valence-electron chi connectivity index (χ0n) is 11.8. The van der Waals surface area contributed by atoms with Gasteiger partial charge in [-0.1, -0.05) is 30.3 Å². The van der Waals surface area contributed by atoms with Crippen LogP contribution in [0.5, 0.6) is 5.75 Å². The Hall–Kier alpha value is -3.08. The van der Waals surface area contributed by atoms with Crippen molar-refractivity contribution in [2.75, 3.05) is 0 Å². The maximum absolute atomic E-state index is 12.0. The highest BCUT2D eigenvalue weighted by Gasteiger charge is 2.10. The Labute approximate surface area is 127 Å². The van der Waals surface area contributed by atoms with E-state index in [0.717, 1.165) is 11.3 Å². The number of hydrogen-bond acceptors (Lipinski definition) is 3. The third-order valence-corrected chi connectivity index (χ3v) is 3.26. The van der Waals surface area contributed by atoms with E-state index in [1.165, 1.54) is 6.07 Å². The predicted molar refractivity (Wildman–Crippen MR) is 82.8 cm³/mol. The van der Waals surface area contributed by atoms with Crippen LogP contribution < -0.4 is 5.32 Å². The second-order valence-corrected chi connectivity index (χ2v) is 4.83. The molecule has 0 saturated carbocycles. The number of carbonyl (C=O) groups is 1. The standard InChI is InChI=1S/C17H15N3O2/c21-16-9-5-4-8-15(16)17(22)18-10-13-11-19-20(12-13)14-6-2-1-3-7-14/h1-9,11-12,21H,10H2,(H,18,22). The van der Waals surface area contributed by atoms with Crippen LogP contribution >= 0.6 is 0 Å². The van der Waals surface area contributed by atoms with Crippen LogP contribution in [-0.2, 0) is 6.54 Å². The molecule has 22 heavy (non-hydrogen) atoms. The molecule has 0 aliphatic carbocycles. The second-order valence-electron chi connectivity index (χ2n) is 4.83. The van der Waals surface area contributed by atoms with Gasteiger partial charge in [0.2, 0.25) is 0 Å². The van der Waals surface area contributed by atoms with Crippen molar-refractivity contribution in [2.24, 2.45) is 0 Å². The summed E-state index contributed by atoms with van der Waals surface area (Å²) < 4.78 is 1.75. The molecular formula is C17H15N3O2. The number of amides is 1. The molecule has 0 bridgehead atoms. The molecule has 1 aromatic heterocycles. The molecular weight excluding hydrogens is 278 g/mol. The minimum Gasteiger partial charge on any atom is -0.507 e. The van der Waals surface area contributed by atoms with E-state index in [0.29, 0.717) is 6.54 Å². The van der Waals surface area contributed by atoms with Crippen LogP contribution in [0.1, 0.15) is 15.9 Å². The van der Waals surface area contributed by atoms with Crippen LogP contribution in [0.25, 0.3) is 5.69 Å². The first kappa shape index (κ1) is 13.9. The lowest BCUT2D eigenvalue weighted by atomic mass is 10.2. The highest BCUT2D eigenvalue weighted by Crippen LogP contribution is 2.15. The van der Waals surface area contributed by atoms with E-state index in [-0.39, 0.29) is 17.2 Å². The zero-order valence-corrected chi connectivity index (χ0v) is 11.8. The topological polar surface area (TPSA) is 67.2 Å². The summed E-state index contributed by atoms with van der Waals surface area (Å²) in [4.78, 5) is 12.0. The average molecular weight is 293 g/mol. The molecule has 2 N–H and O–H groups in total. The Balaban J connectivity index is 1.67. The summed E-state index contributed by atoms with van der Waals surface area (Å²) in [7, 11) is 0. The van der Waals surface area contributed by atoms with Crippen LogP contribution in [0.2, 0.25) is 0 Å². The van der Waals surface area contributed by atoms with Gasteiger partial charge >= 0.3 is 0 Å². The Morgan fingerprint density at radius 3 is 2.59 bits per heavy atom. The van der Waals surface area contributed by atoms with E-state index in [4.69, 9.17) is 0 Å². The molecule has 5 heteroatoms. The van der Waals surface area contributed by atoms with Gasteiger partial charge in [0, 0.05) is 18.3 Å². The van der Waals surface area contributed by atoms with Crippen LogP contribution in [-0.4, -0.2) is 20.8 Å². The first-order valence-corrected chi connectivity index (χ1v) is 6.89. The van der Waals surface area contributed by atoms with Gasteiger partial charge < -0.3 is 10.4 Å². The zero-order chi connectivity index (χ0) is 15.4. The summed E-state index contributed by atoms with van der Waals surface area (Å²) in [5.74, 6) is -0.342. The van der Waals surface area contributed by atoms with Crippen molar-refractivity contribution >= 4 is 5.91 Å². The van der Waals surface area contributed by atoms with Gasteiger partial charge in [0.15, 0.2) is 0 Å². The molecule has 3 rings (SSSR count). The summed E-state index contributed by atoms with van der Waals surface area (Å²) in [6.07, 6.45) is 3.57. The Morgan fingerprint density at radius 2 is 1.82 bits per heavy atom. The van der Waals surface area contributed by atoms with E-state index in [2.05, 4.69) is 10.4 Å². The summed E-state index contributed by atoms with van der Waals surface area (Å²) in [5.41, 5.74) is 2.10. The molecule has 1 heterocycles. The van der Waals surface area contributed by atoms with Gasteiger partial charge in [0.05, 0.1) is 17.4 Å². The normalized spacial score (nSPS) is 10.4. The van der Waals surface area contributed by atoms with Gasteiger partial charge in [-0.2, -0.15) is 5.10 Å². The van der Waals surface area contributed by atoms with Gasteiger partial charge in [-0.15, -0.1) is 0 Å². The minimum atomic E-state index is -0.314. The number of carbonyl (C=O) groups excluding carboxylic acids is 1. The molecule has 5 nitrogen and oxygen atoms in total. The molecule has 0 aliphatic heterocycles. The SMILES string of the molecule is O=C(NCc1cnn(-c2ccccc2)c1)c1ccccc1O.